The van der Waals surface area contributed by atoms with Crippen molar-refractivity contribution in [3.05, 3.63) is 58.6 Å². The number of hydrogen-bond donors (Lipinski definition) is 1. The van der Waals surface area contributed by atoms with Gasteiger partial charge in [-0.1, -0.05) is 41.9 Å². The molecule has 0 fully saturated rings. The maximum atomic E-state index is 12.4. The van der Waals surface area contributed by atoms with Gasteiger partial charge in [0.15, 0.2) is 5.78 Å². The summed E-state index contributed by atoms with van der Waals surface area (Å²) >= 11 is 7.82. The molecule has 5 nitrogen and oxygen atoms in total. The number of carbonyl (C=O) groups is 2. The van der Waals surface area contributed by atoms with Crippen molar-refractivity contribution in [1.82, 2.24) is 10.3 Å². The summed E-state index contributed by atoms with van der Waals surface area (Å²) in [6.07, 6.45) is 0.0958. The van der Waals surface area contributed by atoms with E-state index in [9.17, 15) is 9.59 Å². The third-order valence-corrected chi connectivity index (χ3v) is 6.05. The number of ether oxygens (including phenoxy) is 1. The number of aromatic nitrogens is 1. The Kier molecular flexibility index (Phi) is 6.58. The first-order valence-corrected chi connectivity index (χ1v) is 10.7. The van der Waals surface area contributed by atoms with Gasteiger partial charge in [-0.3, -0.25) is 9.59 Å². The van der Waals surface area contributed by atoms with E-state index in [4.69, 9.17) is 16.3 Å². The van der Waals surface area contributed by atoms with E-state index in [0.717, 1.165) is 21.7 Å². The number of amides is 1. The summed E-state index contributed by atoms with van der Waals surface area (Å²) in [7, 11) is 1.57. The van der Waals surface area contributed by atoms with E-state index in [2.05, 4.69) is 10.3 Å². The van der Waals surface area contributed by atoms with Crippen LogP contribution >= 0.6 is 22.9 Å². The zero-order valence-electron chi connectivity index (χ0n) is 17.3. The smallest absolute Gasteiger partial charge is 0.226 e. The molecule has 0 aliphatic carbocycles. The topological polar surface area (TPSA) is 68.3 Å². The van der Waals surface area contributed by atoms with Gasteiger partial charge in [0, 0.05) is 10.9 Å². The van der Waals surface area contributed by atoms with E-state index in [1.165, 1.54) is 18.3 Å². The van der Waals surface area contributed by atoms with Crippen molar-refractivity contribution >= 4 is 34.6 Å². The minimum Gasteiger partial charge on any atom is -0.495 e. The number of methoxy groups -OCH3 is 1. The maximum Gasteiger partial charge on any atom is 0.226 e. The molecule has 3 aromatic rings. The van der Waals surface area contributed by atoms with Gasteiger partial charge in [0.1, 0.15) is 10.8 Å². The van der Waals surface area contributed by atoms with E-state index in [0.29, 0.717) is 16.5 Å². The van der Waals surface area contributed by atoms with Crippen LogP contribution in [0, 0.1) is 0 Å². The summed E-state index contributed by atoms with van der Waals surface area (Å²) in [6.45, 7) is 4.83. The minimum absolute atomic E-state index is 0.0958. The summed E-state index contributed by atoms with van der Waals surface area (Å²) in [4.78, 5) is 28.7. The molecule has 1 N–H and O–H groups in total. The summed E-state index contributed by atoms with van der Waals surface area (Å²) in [5.41, 5.74) is 2.56. The van der Waals surface area contributed by atoms with E-state index in [1.54, 1.807) is 21.0 Å². The Balaban J connectivity index is 1.93. The Bertz CT molecular complexity index is 1080. The Hall–Kier alpha value is -2.70. The third kappa shape index (κ3) is 4.89. The monoisotopic (exact) mass is 442 g/mol. The normalized spacial score (nSPS) is 11.2. The van der Waals surface area contributed by atoms with Gasteiger partial charge in [0.25, 0.3) is 0 Å². The first-order chi connectivity index (χ1) is 14.2. The molecule has 0 bridgehead atoms. The van der Waals surface area contributed by atoms with Gasteiger partial charge >= 0.3 is 0 Å². The number of thiazole rings is 1. The highest BCUT2D eigenvalue weighted by Gasteiger charge is 2.26. The molecule has 0 aliphatic rings. The fraction of sp³-hybridized carbons (Fsp3) is 0.261. The molecule has 0 radical (unpaired) electrons. The number of nitrogens with zero attached hydrogens (tertiary/aromatic N) is 1. The van der Waals surface area contributed by atoms with Gasteiger partial charge < -0.3 is 10.1 Å². The molecule has 0 spiro atoms. The number of halogens is 1. The number of rotatable bonds is 7. The SMILES string of the molecule is COc1cc(-c2nc(CC(=O)NC(C)(C)C(C)=O)cs2)c(-c2ccccc2)cc1Cl. The summed E-state index contributed by atoms with van der Waals surface area (Å²) in [5.74, 6) is 0.212. The van der Waals surface area contributed by atoms with E-state index in [1.807, 2.05) is 47.8 Å². The molecule has 0 saturated carbocycles. The van der Waals surface area contributed by atoms with Gasteiger partial charge in [-0.25, -0.2) is 4.98 Å². The largest absolute Gasteiger partial charge is 0.495 e. The van der Waals surface area contributed by atoms with Crippen LogP contribution in [0.15, 0.2) is 47.8 Å². The molecule has 30 heavy (non-hydrogen) atoms. The molecular weight excluding hydrogens is 420 g/mol. The van der Waals surface area contributed by atoms with Crippen molar-refractivity contribution in [3.8, 4) is 27.4 Å². The Labute approximate surface area is 185 Å². The van der Waals surface area contributed by atoms with Crippen molar-refractivity contribution in [2.24, 2.45) is 0 Å². The lowest BCUT2D eigenvalue weighted by molar-refractivity contribution is -0.129. The Morgan fingerprint density at radius 2 is 1.87 bits per heavy atom. The highest BCUT2D eigenvalue weighted by Crippen LogP contribution is 2.40. The van der Waals surface area contributed by atoms with Crippen LogP contribution in [-0.2, 0) is 16.0 Å². The van der Waals surface area contributed by atoms with E-state index in [-0.39, 0.29) is 18.1 Å². The molecule has 0 atom stereocenters. The lowest BCUT2D eigenvalue weighted by atomic mass is 9.99. The zero-order chi connectivity index (χ0) is 21.9. The van der Waals surface area contributed by atoms with Crippen LogP contribution < -0.4 is 10.1 Å². The lowest BCUT2D eigenvalue weighted by Gasteiger charge is -2.22. The molecule has 3 rings (SSSR count). The molecule has 1 heterocycles. The maximum absolute atomic E-state index is 12.4. The van der Waals surface area contributed by atoms with Gasteiger partial charge in [0.05, 0.1) is 29.8 Å². The molecule has 0 unspecified atom stereocenters. The highest BCUT2D eigenvalue weighted by atomic mass is 35.5. The van der Waals surface area contributed by atoms with E-state index >= 15 is 0 Å². The number of ketones is 1. The average molecular weight is 443 g/mol. The first kappa shape index (κ1) is 22.0. The van der Waals surface area contributed by atoms with Gasteiger partial charge in [-0.15, -0.1) is 11.3 Å². The van der Waals surface area contributed by atoms with Crippen LogP contribution in [0.4, 0.5) is 0 Å². The Morgan fingerprint density at radius 3 is 2.50 bits per heavy atom. The quantitative estimate of drug-likeness (QED) is 0.548. The molecule has 156 valence electrons. The molecule has 0 saturated heterocycles. The minimum atomic E-state index is -0.903. The van der Waals surface area contributed by atoms with Gasteiger partial charge in [-0.2, -0.15) is 0 Å². The predicted octanol–water partition coefficient (Wildman–Crippen LogP) is 5.17. The predicted molar refractivity (Wildman–Crippen MR) is 121 cm³/mol. The second-order valence-corrected chi connectivity index (χ2v) is 8.71. The summed E-state index contributed by atoms with van der Waals surface area (Å²) in [5, 5.41) is 5.89. The first-order valence-electron chi connectivity index (χ1n) is 9.41. The number of Topliss-reactive ketones (excluding diaryl/α,β-unsaturated/α-hetero) is 1. The van der Waals surface area contributed by atoms with Crippen LogP contribution in [-0.4, -0.2) is 29.3 Å². The van der Waals surface area contributed by atoms with Crippen LogP contribution in [0.3, 0.4) is 0 Å². The molecular formula is C23H23ClN2O3S. The van der Waals surface area contributed by atoms with Crippen molar-refractivity contribution in [2.45, 2.75) is 32.7 Å². The molecule has 0 aliphatic heterocycles. The van der Waals surface area contributed by atoms with Crippen LogP contribution in [0.25, 0.3) is 21.7 Å². The fourth-order valence-corrected chi connectivity index (χ4v) is 3.99. The van der Waals surface area contributed by atoms with Crippen molar-refractivity contribution in [1.29, 1.82) is 0 Å². The number of nitrogens with one attached hydrogen (secondary N) is 1. The van der Waals surface area contributed by atoms with Crippen molar-refractivity contribution < 1.29 is 14.3 Å². The molecule has 1 amide bonds. The highest BCUT2D eigenvalue weighted by molar-refractivity contribution is 7.13. The van der Waals surface area contributed by atoms with Crippen molar-refractivity contribution in [3.63, 3.8) is 0 Å². The standard InChI is InChI=1S/C23H23ClN2O3S/c1-14(27)23(2,3)26-21(28)10-16-13-30-22(25-16)18-12-20(29-4)19(24)11-17(18)15-8-6-5-7-9-15/h5-9,11-13H,10H2,1-4H3,(H,26,28). The van der Waals surface area contributed by atoms with Crippen molar-refractivity contribution in [2.75, 3.05) is 7.11 Å². The number of carbonyl (C=O) groups excluding carboxylic acids is 2. The van der Waals surface area contributed by atoms with Crippen LogP contribution in [0.2, 0.25) is 5.02 Å². The molecule has 1 aromatic heterocycles. The fourth-order valence-electron chi connectivity index (χ4n) is 2.90. The average Bonchev–Trinajstić information content (AvgIpc) is 3.16. The molecule has 7 heteroatoms. The van der Waals surface area contributed by atoms with Crippen LogP contribution in [0.5, 0.6) is 5.75 Å². The summed E-state index contributed by atoms with van der Waals surface area (Å²) < 4.78 is 5.40. The third-order valence-electron chi connectivity index (χ3n) is 4.83. The van der Waals surface area contributed by atoms with Crippen LogP contribution in [0.1, 0.15) is 26.5 Å². The summed E-state index contributed by atoms with van der Waals surface area (Å²) in [6, 6.07) is 13.6. The second-order valence-electron chi connectivity index (χ2n) is 7.45. The number of hydrogen-bond acceptors (Lipinski definition) is 5. The molecule has 2 aromatic carbocycles. The Morgan fingerprint density at radius 1 is 1.17 bits per heavy atom. The van der Waals surface area contributed by atoms with Gasteiger partial charge in [0.2, 0.25) is 5.91 Å². The second kappa shape index (κ2) is 8.98. The van der Waals surface area contributed by atoms with Gasteiger partial charge in [-0.05, 0) is 44.0 Å². The van der Waals surface area contributed by atoms with E-state index < -0.39 is 5.54 Å². The lowest BCUT2D eigenvalue weighted by Crippen LogP contribution is -2.49. The zero-order valence-corrected chi connectivity index (χ0v) is 18.9. The number of benzene rings is 2.